The second-order valence-electron chi connectivity index (χ2n) is 5.36. The number of hydrogen-bond acceptors (Lipinski definition) is 4. The predicted octanol–water partition coefficient (Wildman–Crippen LogP) is 1.54. The maximum Gasteiger partial charge on any atom is 0.238 e. The monoisotopic (exact) mass is 287 g/mol. The summed E-state index contributed by atoms with van der Waals surface area (Å²) in [5, 5.41) is 20.6. The van der Waals surface area contributed by atoms with Crippen LogP contribution in [0.2, 0.25) is 0 Å². The lowest BCUT2D eigenvalue weighted by Crippen LogP contribution is -2.45. The molecule has 1 aliphatic rings. The van der Waals surface area contributed by atoms with E-state index in [-0.39, 0.29) is 12.5 Å². The molecule has 21 heavy (non-hydrogen) atoms. The summed E-state index contributed by atoms with van der Waals surface area (Å²) in [5.74, 6) is -0.0663. The van der Waals surface area contributed by atoms with Crippen LogP contribution in [0.15, 0.2) is 24.3 Å². The molecule has 1 aromatic carbocycles. The van der Waals surface area contributed by atoms with E-state index in [2.05, 4.69) is 11.4 Å². The van der Waals surface area contributed by atoms with Crippen LogP contribution in [-0.2, 0) is 11.2 Å². The summed E-state index contributed by atoms with van der Waals surface area (Å²) in [5.41, 5.74) is 1.67. The third-order valence-electron chi connectivity index (χ3n) is 3.85. The molecule has 0 atom stereocenters. The first-order valence-corrected chi connectivity index (χ1v) is 7.33. The van der Waals surface area contributed by atoms with Crippen LogP contribution in [0.1, 0.15) is 24.8 Å². The van der Waals surface area contributed by atoms with Gasteiger partial charge in [-0.25, -0.2) is 0 Å². The van der Waals surface area contributed by atoms with Crippen LogP contribution in [-0.4, -0.2) is 41.7 Å². The van der Waals surface area contributed by atoms with Crippen molar-refractivity contribution in [3.8, 4) is 6.07 Å². The Morgan fingerprint density at radius 3 is 2.62 bits per heavy atom. The predicted molar refractivity (Wildman–Crippen MR) is 80.7 cm³/mol. The molecule has 1 aliphatic carbocycles. The third kappa shape index (κ3) is 4.55. The van der Waals surface area contributed by atoms with E-state index in [9.17, 15) is 4.79 Å². The molecule has 5 nitrogen and oxygen atoms in total. The molecule has 1 amide bonds. The quantitative estimate of drug-likeness (QED) is 0.797. The minimum absolute atomic E-state index is 0.0663. The van der Waals surface area contributed by atoms with Gasteiger partial charge in [0, 0.05) is 18.3 Å². The van der Waals surface area contributed by atoms with Gasteiger partial charge >= 0.3 is 0 Å². The Morgan fingerprint density at radius 1 is 1.38 bits per heavy atom. The maximum atomic E-state index is 12.1. The fraction of sp³-hybridized carbons (Fsp3) is 0.500. The van der Waals surface area contributed by atoms with Crippen LogP contribution in [0.5, 0.6) is 0 Å². The van der Waals surface area contributed by atoms with Crippen molar-refractivity contribution in [2.24, 2.45) is 0 Å². The van der Waals surface area contributed by atoms with Crippen molar-refractivity contribution >= 4 is 11.6 Å². The van der Waals surface area contributed by atoms with Crippen molar-refractivity contribution in [2.75, 3.05) is 25.0 Å². The lowest BCUT2D eigenvalue weighted by Gasteiger charge is -2.36. The Labute approximate surface area is 125 Å². The standard InChI is InChI=1S/C16H21N3O2/c17-9-8-13-4-6-14(7-5-13)18-16(21)12-19(10-11-20)15-2-1-3-15/h4-7,15,20H,1-3,8,10-12H2,(H,18,21). The Kier molecular flexibility index (Phi) is 5.73. The van der Waals surface area contributed by atoms with E-state index in [1.807, 2.05) is 29.2 Å². The van der Waals surface area contributed by atoms with E-state index in [0.717, 1.165) is 24.1 Å². The molecule has 0 spiro atoms. The van der Waals surface area contributed by atoms with Crippen molar-refractivity contribution in [3.05, 3.63) is 29.8 Å². The molecule has 0 heterocycles. The Morgan fingerprint density at radius 2 is 2.10 bits per heavy atom. The van der Waals surface area contributed by atoms with Crippen molar-refractivity contribution < 1.29 is 9.90 Å². The third-order valence-corrected chi connectivity index (χ3v) is 3.85. The van der Waals surface area contributed by atoms with Gasteiger partial charge in [0.1, 0.15) is 0 Å². The van der Waals surface area contributed by atoms with Crippen molar-refractivity contribution in [1.29, 1.82) is 5.26 Å². The van der Waals surface area contributed by atoms with Crippen LogP contribution < -0.4 is 5.32 Å². The van der Waals surface area contributed by atoms with E-state index in [0.29, 0.717) is 25.6 Å². The van der Waals surface area contributed by atoms with Crippen molar-refractivity contribution in [2.45, 2.75) is 31.7 Å². The molecule has 2 rings (SSSR count). The fourth-order valence-corrected chi connectivity index (χ4v) is 2.45. The number of nitrogens with one attached hydrogen (secondary N) is 1. The van der Waals surface area contributed by atoms with E-state index in [1.165, 1.54) is 6.42 Å². The normalized spacial score (nSPS) is 14.5. The Bertz CT molecular complexity index is 503. The summed E-state index contributed by atoms with van der Waals surface area (Å²) >= 11 is 0. The van der Waals surface area contributed by atoms with Crippen LogP contribution in [0.25, 0.3) is 0 Å². The molecule has 1 aromatic rings. The van der Waals surface area contributed by atoms with E-state index in [4.69, 9.17) is 10.4 Å². The number of amides is 1. The van der Waals surface area contributed by atoms with Gasteiger partial charge < -0.3 is 10.4 Å². The number of nitrogens with zero attached hydrogens (tertiary/aromatic N) is 2. The zero-order chi connectivity index (χ0) is 15.1. The molecular formula is C16H21N3O2. The average molecular weight is 287 g/mol. The molecule has 0 unspecified atom stereocenters. The highest BCUT2D eigenvalue weighted by Crippen LogP contribution is 2.24. The molecule has 5 heteroatoms. The molecule has 0 aromatic heterocycles. The molecule has 1 saturated carbocycles. The number of carbonyl (C=O) groups excluding carboxylic acids is 1. The first-order chi connectivity index (χ1) is 10.2. The zero-order valence-electron chi connectivity index (χ0n) is 12.1. The molecule has 0 aliphatic heterocycles. The van der Waals surface area contributed by atoms with Crippen LogP contribution in [0.3, 0.4) is 0 Å². The van der Waals surface area contributed by atoms with Gasteiger partial charge in [-0.2, -0.15) is 5.26 Å². The number of aliphatic hydroxyl groups is 1. The second kappa shape index (κ2) is 7.77. The Hall–Kier alpha value is -1.90. The summed E-state index contributed by atoms with van der Waals surface area (Å²) in [6.45, 7) is 0.928. The summed E-state index contributed by atoms with van der Waals surface area (Å²) in [4.78, 5) is 14.1. The number of carbonyl (C=O) groups is 1. The van der Waals surface area contributed by atoms with Crippen LogP contribution in [0.4, 0.5) is 5.69 Å². The van der Waals surface area contributed by atoms with E-state index >= 15 is 0 Å². The summed E-state index contributed by atoms with van der Waals surface area (Å²) in [7, 11) is 0. The van der Waals surface area contributed by atoms with Gasteiger partial charge in [-0.3, -0.25) is 9.69 Å². The summed E-state index contributed by atoms with van der Waals surface area (Å²) < 4.78 is 0. The SMILES string of the molecule is N#CCc1ccc(NC(=O)CN(CCO)C2CCC2)cc1. The van der Waals surface area contributed by atoms with Gasteiger partial charge in [0.25, 0.3) is 0 Å². The summed E-state index contributed by atoms with van der Waals surface area (Å²) in [6, 6.07) is 9.83. The van der Waals surface area contributed by atoms with Gasteiger partial charge in [0.15, 0.2) is 0 Å². The van der Waals surface area contributed by atoms with Gasteiger partial charge in [0.2, 0.25) is 5.91 Å². The first kappa shape index (κ1) is 15.5. The second-order valence-corrected chi connectivity index (χ2v) is 5.36. The molecule has 0 bridgehead atoms. The highest BCUT2D eigenvalue weighted by molar-refractivity contribution is 5.92. The minimum atomic E-state index is -0.0663. The Balaban J connectivity index is 1.86. The highest BCUT2D eigenvalue weighted by Gasteiger charge is 2.25. The molecule has 1 fully saturated rings. The zero-order valence-corrected chi connectivity index (χ0v) is 12.1. The molecule has 0 saturated heterocycles. The first-order valence-electron chi connectivity index (χ1n) is 7.33. The number of hydrogen-bond donors (Lipinski definition) is 2. The fourth-order valence-electron chi connectivity index (χ4n) is 2.45. The van der Waals surface area contributed by atoms with Crippen LogP contribution in [0, 0.1) is 11.3 Å². The van der Waals surface area contributed by atoms with Gasteiger partial charge in [-0.15, -0.1) is 0 Å². The van der Waals surface area contributed by atoms with E-state index in [1.54, 1.807) is 0 Å². The van der Waals surface area contributed by atoms with Crippen molar-refractivity contribution in [3.63, 3.8) is 0 Å². The maximum absolute atomic E-state index is 12.1. The van der Waals surface area contributed by atoms with Gasteiger partial charge in [-0.1, -0.05) is 18.6 Å². The number of rotatable bonds is 7. The lowest BCUT2D eigenvalue weighted by atomic mass is 9.91. The smallest absolute Gasteiger partial charge is 0.238 e. The highest BCUT2D eigenvalue weighted by atomic mass is 16.3. The molecule has 2 N–H and O–H groups in total. The number of nitriles is 1. The van der Waals surface area contributed by atoms with Gasteiger partial charge in [-0.05, 0) is 30.5 Å². The van der Waals surface area contributed by atoms with Gasteiger partial charge in [0.05, 0.1) is 25.6 Å². The number of aliphatic hydroxyl groups excluding tert-OH is 1. The number of anilines is 1. The molecule has 0 radical (unpaired) electrons. The molecule has 112 valence electrons. The topological polar surface area (TPSA) is 76.4 Å². The number of benzene rings is 1. The van der Waals surface area contributed by atoms with Crippen molar-refractivity contribution in [1.82, 2.24) is 4.90 Å². The average Bonchev–Trinajstić information content (AvgIpc) is 2.39. The summed E-state index contributed by atoms with van der Waals surface area (Å²) in [6.07, 6.45) is 3.79. The minimum Gasteiger partial charge on any atom is -0.395 e. The van der Waals surface area contributed by atoms with Crippen LogP contribution >= 0.6 is 0 Å². The molecular weight excluding hydrogens is 266 g/mol. The van der Waals surface area contributed by atoms with E-state index < -0.39 is 0 Å². The lowest BCUT2D eigenvalue weighted by molar-refractivity contribution is -0.118. The largest absolute Gasteiger partial charge is 0.395 e.